The van der Waals surface area contributed by atoms with Crippen LogP contribution < -0.4 is 0 Å². The summed E-state index contributed by atoms with van der Waals surface area (Å²) in [6.07, 6.45) is 7.12. The molecule has 0 heterocycles. The largest absolute Gasteiger partial charge is 0.481 e. The molecule has 0 aliphatic carbocycles. The molecule has 8 heteroatoms. The minimum absolute atomic E-state index is 0.0375. The molecular weight excluding hydrogens is 462 g/mol. The molecule has 0 aromatic carbocycles. The zero-order chi connectivity index (χ0) is 27.9. The van der Waals surface area contributed by atoms with E-state index in [2.05, 4.69) is 26.2 Å². The van der Waals surface area contributed by atoms with E-state index in [-0.39, 0.29) is 25.0 Å². The molecule has 0 aliphatic rings. The van der Waals surface area contributed by atoms with Crippen LogP contribution in [0.4, 0.5) is 0 Å². The number of carboxylic acid groups (broad SMARTS) is 1. The van der Waals surface area contributed by atoms with Gasteiger partial charge in [0, 0.05) is 5.57 Å². The molecule has 0 spiro atoms. The Kier molecular flexibility index (Phi) is 14.7. The van der Waals surface area contributed by atoms with Crippen molar-refractivity contribution in [1.82, 2.24) is 0 Å². The highest BCUT2D eigenvalue weighted by Crippen LogP contribution is 2.42. The lowest BCUT2D eigenvalue weighted by atomic mass is 9.67. The highest BCUT2D eigenvalue weighted by atomic mass is 16.6. The van der Waals surface area contributed by atoms with E-state index in [1.807, 2.05) is 18.2 Å². The van der Waals surface area contributed by atoms with Crippen LogP contribution in [0.2, 0.25) is 0 Å². The summed E-state index contributed by atoms with van der Waals surface area (Å²) in [6, 6.07) is 2.20. The van der Waals surface area contributed by atoms with Crippen molar-refractivity contribution in [1.29, 1.82) is 5.26 Å². The first-order valence-corrected chi connectivity index (χ1v) is 12.3. The summed E-state index contributed by atoms with van der Waals surface area (Å²) >= 11 is 0. The van der Waals surface area contributed by atoms with Crippen molar-refractivity contribution in [3.63, 3.8) is 0 Å². The van der Waals surface area contributed by atoms with E-state index in [1.54, 1.807) is 20.8 Å². The Hall–Kier alpha value is -2.92. The van der Waals surface area contributed by atoms with Gasteiger partial charge >= 0.3 is 17.9 Å². The number of ether oxygens (including phenoxy) is 2. The number of hydrogen-bond donors (Lipinski definition) is 2. The Morgan fingerprint density at radius 3 is 2.25 bits per heavy atom. The molecule has 0 aliphatic heterocycles. The first-order chi connectivity index (χ1) is 16.7. The number of carbonyl (C=O) groups excluding carboxylic acids is 2. The molecule has 5 unspecified atom stereocenters. The number of rotatable bonds is 18. The van der Waals surface area contributed by atoms with Crippen molar-refractivity contribution in [2.75, 3.05) is 13.2 Å². The number of aliphatic hydroxyl groups excluding tert-OH is 1. The predicted octanol–water partition coefficient (Wildman–Crippen LogP) is 4.99. The second-order valence-electron chi connectivity index (χ2n) is 10.1. The molecule has 0 saturated heterocycles. The van der Waals surface area contributed by atoms with Gasteiger partial charge in [0.15, 0.2) is 0 Å². The number of carboxylic acids is 1. The average molecular weight is 506 g/mol. The van der Waals surface area contributed by atoms with Gasteiger partial charge in [0.1, 0.15) is 19.3 Å². The molecule has 202 valence electrons. The second-order valence-corrected chi connectivity index (χ2v) is 10.1. The number of aliphatic hydroxyl groups is 1. The fourth-order valence-corrected chi connectivity index (χ4v) is 3.71. The van der Waals surface area contributed by atoms with Crippen LogP contribution in [-0.4, -0.2) is 47.4 Å². The molecule has 0 aromatic rings. The third kappa shape index (κ3) is 11.7. The van der Waals surface area contributed by atoms with Crippen molar-refractivity contribution < 1.29 is 34.1 Å². The summed E-state index contributed by atoms with van der Waals surface area (Å²) in [5.74, 6) is -2.54. The van der Waals surface area contributed by atoms with Gasteiger partial charge in [-0.05, 0) is 65.2 Å². The summed E-state index contributed by atoms with van der Waals surface area (Å²) in [4.78, 5) is 36.6. The van der Waals surface area contributed by atoms with Gasteiger partial charge in [-0.25, -0.2) is 4.79 Å². The topological polar surface area (TPSA) is 134 Å². The number of allylic oxidation sites excluding steroid dienone is 3. The van der Waals surface area contributed by atoms with Crippen LogP contribution in [-0.2, 0) is 23.9 Å². The first-order valence-electron chi connectivity index (χ1n) is 12.3. The van der Waals surface area contributed by atoms with Crippen molar-refractivity contribution in [2.45, 2.75) is 79.2 Å². The van der Waals surface area contributed by atoms with Crippen molar-refractivity contribution in [3.8, 4) is 6.07 Å². The smallest absolute Gasteiger partial charge is 0.333 e. The quantitative estimate of drug-likeness (QED) is 0.151. The fourth-order valence-electron chi connectivity index (χ4n) is 3.71. The maximum absolute atomic E-state index is 12.9. The molecule has 0 saturated carbocycles. The maximum Gasteiger partial charge on any atom is 0.333 e. The summed E-state index contributed by atoms with van der Waals surface area (Å²) in [5.41, 5.74) is -2.32. The summed E-state index contributed by atoms with van der Waals surface area (Å²) in [7, 11) is 0. The van der Waals surface area contributed by atoms with Gasteiger partial charge < -0.3 is 19.7 Å². The summed E-state index contributed by atoms with van der Waals surface area (Å²) < 4.78 is 10.1. The molecule has 36 heavy (non-hydrogen) atoms. The van der Waals surface area contributed by atoms with Gasteiger partial charge in [-0.1, -0.05) is 38.7 Å². The molecular formula is C28H43NO7. The number of aliphatic carboxylic acids is 1. The van der Waals surface area contributed by atoms with E-state index >= 15 is 0 Å². The Labute approximate surface area is 215 Å². The Balaban J connectivity index is 5.19. The lowest BCUT2D eigenvalue weighted by Crippen LogP contribution is -2.41. The monoisotopic (exact) mass is 505 g/mol. The second kappa shape index (κ2) is 15.9. The van der Waals surface area contributed by atoms with Gasteiger partial charge in [0.25, 0.3) is 0 Å². The number of nitrogens with zero attached hydrogens (tertiary/aromatic N) is 1. The van der Waals surface area contributed by atoms with E-state index in [1.165, 1.54) is 6.92 Å². The molecule has 2 N–H and O–H groups in total. The highest BCUT2D eigenvalue weighted by Gasteiger charge is 2.46. The van der Waals surface area contributed by atoms with E-state index in [4.69, 9.17) is 9.47 Å². The first kappa shape index (κ1) is 33.1. The Morgan fingerprint density at radius 2 is 1.75 bits per heavy atom. The van der Waals surface area contributed by atoms with Gasteiger partial charge in [-0.15, -0.1) is 6.58 Å². The van der Waals surface area contributed by atoms with Gasteiger partial charge in [-0.2, -0.15) is 5.26 Å². The number of nitriles is 1. The number of esters is 2. The molecule has 0 radical (unpaired) electrons. The minimum atomic E-state index is -1.34. The van der Waals surface area contributed by atoms with Gasteiger partial charge in [0.2, 0.25) is 0 Å². The molecule has 8 nitrogen and oxygen atoms in total. The van der Waals surface area contributed by atoms with E-state index < -0.39 is 47.4 Å². The lowest BCUT2D eigenvalue weighted by Gasteiger charge is -2.36. The van der Waals surface area contributed by atoms with Crippen LogP contribution in [0.5, 0.6) is 0 Å². The standard InChI is InChI=1S/C28H43NO7/c1-8-21(5)13-11-10-12-14-22(16-29)15-28(7,25(32)33)19-27(6,9-2)26(34)36-18-23(30)17-35-24(31)20(3)4/h8,10,12,21-23,30H,1,3,9,11,13-15,17-19H2,2,4-7H3,(H,32,33). The van der Waals surface area contributed by atoms with Crippen LogP contribution in [0.1, 0.15) is 73.1 Å². The third-order valence-electron chi connectivity index (χ3n) is 6.39. The molecule has 0 aromatic heterocycles. The van der Waals surface area contributed by atoms with Crippen molar-refractivity contribution >= 4 is 17.9 Å². The number of carbonyl (C=O) groups is 3. The summed E-state index contributed by atoms with van der Waals surface area (Å²) in [5, 5.41) is 29.6. The fraction of sp³-hybridized carbons (Fsp3) is 0.643. The van der Waals surface area contributed by atoms with Gasteiger partial charge in [-0.3, -0.25) is 9.59 Å². The highest BCUT2D eigenvalue weighted by molar-refractivity contribution is 5.86. The van der Waals surface area contributed by atoms with Crippen LogP contribution in [0.25, 0.3) is 0 Å². The molecule has 0 bridgehead atoms. The average Bonchev–Trinajstić information content (AvgIpc) is 2.83. The molecule has 0 fully saturated rings. The third-order valence-corrected chi connectivity index (χ3v) is 6.39. The van der Waals surface area contributed by atoms with Crippen LogP contribution in [0.3, 0.4) is 0 Å². The van der Waals surface area contributed by atoms with Crippen LogP contribution in [0, 0.1) is 34.0 Å². The maximum atomic E-state index is 12.9. The zero-order valence-electron chi connectivity index (χ0n) is 22.4. The van der Waals surface area contributed by atoms with Crippen LogP contribution >= 0.6 is 0 Å². The Bertz CT molecular complexity index is 843. The summed E-state index contributed by atoms with van der Waals surface area (Å²) in [6.45, 7) is 14.9. The van der Waals surface area contributed by atoms with E-state index in [0.717, 1.165) is 12.8 Å². The van der Waals surface area contributed by atoms with Crippen molar-refractivity contribution in [3.05, 3.63) is 37.0 Å². The normalized spacial score (nSPS) is 17.0. The molecule has 0 rings (SSSR count). The van der Waals surface area contributed by atoms with E-state index in [9.17, 15) is 29.9 Å². The number of hydrogen-bond acceptors (Lipinski definition) is 7. The van der Waals surface area contributed by atoms with Crippen molar-refractivity contribution in [2.24, 2.45) is 22.7 Å². The van der Waals surface area contributed by atoms with Gasteiger partial charge in [0.05, 0.1) is 22.8 Å². The zero-order valence-corrected chi connectivity index (χ0v) is 22.4. The minimum Gasteiger partial charge on any atom is -0.481 e. The van der Waals surface area contributed by atoms with E-state index in [0.29, 0.717) is 18.8 Å². The SMILES string of the molecule is C=CC(C)CCC=CCC(C#N)CC(C)(CC(C)(CC)C(=O)OCC(O)COC(=O)C(=C)C)C(=O)O. The Morgan fingerprint density at radius 1 is 1.14 bits per heavy atom. The predicted molar refractivity (Wildman–Crippen MR) is 138 cm³/mol. The molecule has 5 atom stereocenters. The lowest BCUT2D eigenvalue weighted by molar-refractivity contribution is -0.165. The van der Waals surface area contributed by atoms with Crippen LogP contribution in [0.15, 0.2) is 37.0 Å². The molecule has 0 amide bonds.